The van der Waals surface area contributed by atoms with Gasteiger partial charge in [0.25, 0.3) is 5.91 Å². The molecule has 2 heterocycles. The van der Waals surface area contributed by atoms with E-state index in [1.807, 2.05) is 12.1 Å². The lowest BCUT2D eigenvalue weighted by Crippen LogP contribution is -2.53. The van der Waals surface area contributed by atoms with Gasteiger partial charge in [-0.25, -0.2) is 17.5 Å². The van der Waals surface area contributed by atoms with Gasteiger partial charge >= 0.3 is 6.03 Å². The van der Waals surface area contributed by atoms with Crippen LogP contribution in [0.15, 0.2) is 24.3 Å². The Morgan fingerprint density at radius 3 is 2.26 bits per heavy atom. The second-order valence-corrected chi connectivity index (χ2v) is 8.86. The van der Waals surface area contributed by atoms with E-state index >= 15 is 0 Å². The van der Waals surface area contributed by atoms with Crippen molar-refractivity contribution < 1.29 is 27.5 Å². The quantitative estimate of drug-likeness (QED) is 0.675. The van der Waals surface area contributed by atoms with Crippen LogP contribution in [0.3, 0.4) is 0 Å². The average molecular weight is 397 g/mol. The van der Waals surface area contributed by atoms with Gasteiger partial charge in [-0.3, -0.25) is 10.1 Å². The lowest BCUT2D eigenvalue weighted by molar-refractivity contribution is -0.122. The van der Waals surface area contributed by atoms with Gasteiger partial charge in [0.05, 0.1) is 12.9 Å². The van der Waals surface area contributed by atoms with Crippen LogP contribution >= 0.6 is 0 Å². The monoisotopic (exact) mass is 397 g/mol. The summed E-state index contributed by atoms with van der Waals surface area (Å²) in [4.78, 5) is 23.2. The molecule has 2 N–H and O–H groups in total. The summed E-state index contributed by atoms with van der Waals surface area (Å²) >= 11 is 0. The molecule has 0 spiro atoms. The highest BCUT2D eigenvalue weighted by Gasteiger charge is 2.46. The van der Waals surface area contributed by atoms with E-state index in [0.29, 0.717) is 31.7 Å². The van der Waals surface area contributed by atoms with Crippen molar-refractivity contribution in [1.82, 2.24) is 14.9 Å². The molecule has 2 aliphatic heterocycles. The highest BCUT2D eigenvalue weighted by atomic mass is 32.2. The number of sulfonamides is 1. The topological polar surface area (TPSA) is 114 Å². The molecule has 0 bridgehead atoms. The Bertz CT molecular complexity index is 818. The van der Waals surface area contributed by atoms with E-state index in [-0.39, 0.29) is 6.10 Å². The summed E-state index contributed by atoms with van der Waals surface area (Å²) in [6, 6.07) is 6.55. The van der Waals surface area contributed by atoms with Crippen LogP contribution in [-0.2, 0) is 14.8 Å². The fraction of sp³-hybridized carbons (Fsp3) is 0.529. The number of carbonyl (C=O) groups is 2. The Hall–Kier alpha value is -2.33. The van der Waals surface area contributed by atoms with Gasteiger partial charge in [0.1, 0.15) is 23.1 Å². The Kier molecular flexibility index (Phi) is 5.29. The second-order valence-electron chi connectivity index (χ2n) is 6.89. The number of urea groups is 1. The van der Waals surface area contributed by atoms with Crippen molar-refractivity contribution >= 4 is 22.0 Å². The summed E-state index contributed by atoms with van der Waals surface area (Å²) in [6.45, 7) is 2.01. The van der Waals surface area contributed by atoms with E-state index in [0.717, 1.165) is 5.75 Å². The van der Waals surface area contributed by atoms with Crippen molar-refractivity contribution in [3.05, 3.63) is 24.3 Å². The van der Waals surface area contributed by atoms with Crippen molar-refractivity contribution in [3.63, 3.8) is 0 Å². The molecular weight excluding hydrogens is 374 g/mol. The van der Waals surface area contributed by atoms with Crippen LogP contribution in [-0.4, -0.2) is 62.3 Å². The molecule has 0 aromatic heterocycles. The predicted molar refractivity (Wildman–Crippen MR) is 97.1 cm³/mol. The standard InChI is InChI=1S/C17H23N3O6S/c1-17(15(21)18-16(22)19-17)11-27(23,24)20-9-7-14(8-10-20)26-13-5-3-12(25-2)4-6-13/h3-6,14H,7-11H2,1-2H3,(H2,18,19,21,22). The Morgan fingerprint density at radius 2 is 1.74 bits per heavy atom. The first kappa shape index (κ1) is 19.4. The van der Waals surface area contributed by atoms with E-state index in [1.54, 1.807) is 19.2 Å². The highest BCUT2D eigenvalue weighted by Crippen LogP contribution is 2.24. The van der Waals surface area contributed by atoms with Crippen molar-refractivity contribution in [3.8, 4) is 11.5 Å². The maximum Gasteiger partial charge on any atom is 0.322 e. The molecule has 3 rings (SSSR count). The number of imide groups is 1. The molecule has 2 aliphatic rings. The summed E-state index contributed by atoms with van der Waals surface area (Å²) < 4.78 is 37.7. The summed E-state index contributed by atoms with van der Waals surface area (Å²) in [5.41, 5.74) is -1.45. The van der Waals surface area contributed by atoms with Crippen LogP contribution in [0.4, 0.5) is 4.79 Å². The van der Waals surface area contributed by atoms with Gasteiger partial charge in [0, 0.05) is 13.1 Å². The summed E-state index contributed by atoms with van der Waals surface area (Å²) in [6.07, 6.45) is 0.996. The van der Waals surface area contributed by atoms with Gasteiger partial charge in [0.2, 0.25) is 10.0 Å². The number of amides is 3. The summed E-state index contributed by atoms with van der Waals surface area (Å²) in [5.74, 6) is 0.338. The fourth-order valence-electron chi connectivity index (χ4n) is 3.21. The molecule has 1 atom stereocenters. The highest BCUT2D eigenvalue weighted by molar-refractivity contribution is 7.89. The van der Waals surface area contributed by atoms with Gasteiger partial charge in [-0.15, -0.1) is 0 Å². The van der Waals surface area contributed by atoms with Crippen molar-refractivity contribution in [2.75, 3.05) is 26.0 Å². The second kappa shape index (κ2) is 7.35. The minimum atomic E-state index is -3.70. The molecule has 0 radical (unpaired) electrons. The van der Waals surface area contributed by atoms with E-state index in [2.05, 4.69) is 10.6 Å². The van der Waals surface area contributed by atoms with Crippen molar-refractivity contribution in [2.45, 2.75) is 31.4 Å². The molecule has 0 aliphatic carbocycles. The molecule has 0 saturated carbocycles. The van der Waals surface area contributed by atoms with Gasteiger partial charge in [0.15, 0.2) is 0 Å². The normalized spacial score (nSPS) is 24.4. The lowest BCUT2D eigenvalue weighted by Gasteiger charge is -2.33. The first-order valence-corrected chi connectivity index (χ1v) is 10.2. The van der Waals surface area contributed by atoms with Crippen LogP contribution in [0.5, 0.6) is 11.5 Å². The van der Waals surface area contributed by atoms with Crippen molar-refractivity contribution in [1.29, 1.82) is 0 Å². The number of rotatable bonds is 6. The number of piperidine rings is 1. The van der Waals surface area contributed by atoms with E-state index in [1.165, 1.54) is 11.2 Å². The van der Waals surface area contributed by atoms with E-state index in [9.17, 15) is 18.0 Å². The summed E-state index contributed by atoms with van der Waals surface area (Å²) in [7, 11) is -2.11. The number of ether oxygens (including phenoxy) is 2. The van der Waals surface area contributed by atoms with Crippen LogP contribution < -0.4 is 20.1 Å². The largest absolute Gasteiger partial charge is 0.497 e. The Morgan fingerprint density at radius 1 is 1.15 bits per heavy atom. The number of methoxy groups -OCH3 is 1. The summed E-state index contributed by atoms with van der Waals surface area (Å²) in [5, 5.41) is 4.46. The third-order valence-electron chi connectivity index (χ3n) is 4.75. The minimum absolute atomic E-state index is 0.0880. The molecule has 10 heteroatoms. The van der Waals surface area contributed by atoms with Gasteiger partial charge < -0.3 is 14.8 Å². The number of hydrogen-bond acceptors (Lipinski definition) is 6. The van der Waals surface area contributed by atoms with Crippen molar-refractivity contribution in [2.24, 2.45) is 0 Å². The predicted octanol–water partition coefficient (Wildman–Crippen LogP) is 0.466. The molecule has 1 aromatic carbocycles. The van der Waals surface area contributed by atoms with Crippen LogP contribution in [0, 0.1) is 0 Å². The zero-order valence-electron chi connectivity index (χ0n) is 15.2. The van der Waals surface area contributed by atoms with Gasteiger partial charge in [-0.05, 0) is 44.0 Å². The Labute approximate surface area is 158 Å². The third kappa shape index (κ3) is 4.33. The molecular formula is C17H23N3O6S. The lowest BCUT2D eigenvalue weighted by atomic mass is 10.1. The van der Waals surface area contributed by atoms with E-state index < -0.39 is 33.3 Å². The molecule has 27 heavy (non-hydrogen) atoms. The molecule has 1 unspecified atom stereocenters. The van der Waals surface area contributed by atoms with E-state index in [4.69, 9.17) is 9.47 Å². The minimum Gasteiger partial charge on any atom is -0.497 e. The molecule has 148 valence electrons. The smallest absolute Gasteiger partial charge is 0.322 e. The SMILES string of the molecule is COc1ccc(OC2CCN(S(=O)(=O)CC3(C)NC(=O)NC3=O)CC2)cc1. The number of nitrogens with one attached hydrogen (secondary N) is 2. The number of carbonyl (C=O) groups excluding carboxylic acids is 2. The maximum atomic E-state index is 12.7. The number of nitrogens with zero attached hydrogens (tertiary/aromatic N) is 1. The Balaban J connectivity index is 1.56. The molecule has 2 fully saturated rings. The molecule has 9 nitrogen and oxygen atoms in total. The zero-order valence-corrected chi connectivity index (χ0v) is 16.0. The maximum absolute atomic E-state index is 12.7. The average Bonchev–Trinajstić information content (AvgIpc) is 2.87. The zero-order chi connectivity index (χ0) is 19.7. The van der Waals surface area contributed by atoms with Gasteiger partial charge in [-0.1, -0.05) is 0 Å². The van der Waals surface area contributed by atoms with Crippen LogP contribution in [0.25, 0.3) is 0 Å². The number of benzene rings is 1. The van der Waals surface area contributed by atoms with Gasteiger partial charge in [-0.2, -0.15) is 0 Å². The first-order valence-electron chi connectivity index (χ1n) is 8.64. The van der Waals surface area contributed by atoms with Crippen LogP contribution in [0.2, 0.25) is 0 Å². The van der Waals surface area contributed by atoms with Crippen LogP contribution in [0.1, 0.15) is 19.8 Å². The number of hydrogen-bond donors (Lipinski definition) is 2. The first-order chi connectivity index (χ1) is 12.7. The molecule has 2 saturated heterocycles. The molecule has 3 amide bonds. The third-order valence-corrected chi connectivity index (χ3v) is 6.84. The fourth-order valence-corrected chi connectivity index (χ4v) is 5.09. The molecule has 1 aromatic rings.